The first-order valence-corrected chi connectivity index (χ1v) is 21.4. The van der Waals surface area contributed by atoms with Crippen LogP contribution in [0.1, 0.15) is 44.5 Å². The lowest BCUT2D eigenvalue weighted by molar-refractivity contribution is 0.633. The van der Waals surface area contributed by atoms with E-state index in [2.05, 4.69) is 229 Å². The Kier molecular flexibility index (Phi) is 6.48. The third kappa shape index (κ3) is 4.02. The van der Waals surface area contributed by atoms with Crippen LogP contribution in [0.5, 0.6) is 0 Å². The largest absolute Gasteiger partial charge is 0.309 e. The molecule has 2 spiro atoms. The van der Waals surface area contributed by atoms with Crippen LogP contribution in [0.15, 0.2) is 224 Å². The summed E-state index contributed by atoms with van der Waals surface area (Å²) in [4.78, 5) is 0. The first-order valence-electron chi connectivity index (χ1n) is 21.4. The van der Waals surface area contributed by atoms with Gasteiger partial charge in [0.05, 0.1) is 21.9 Å². The number of nitrogens with zero attached hydrogens (tertiary/aromatic N) is 1. The van der Waals surface area contributed by atoms with Crippen molar-refractivity contribution in [1.82, 2.24) is 4.57 Å². The lowest BCUT2D eigenvalue weighted by Crippen LogP contribution is -2.43. The number of rotatable bonds is 2. The van der Waals surface area contributed by atoms with Crippen molar-refractivity contribution in [2.24, 2.45) is 0 Å². The molecule has 0 atom stereocenters. The van der Waals surface area contributed by atoms with Crippen LogP contribution in [-0.4, -0.2) is 4.57 Å². The molecule has 61 heavy (non-hydrogen) atoms. The molecular weight excluding hydrogens is 735 g/mol. The topological polar surface area (TPSA) is 4.93 Å². The number of fused-ring (bicyclic) bond motifs is 21. The van der Waals surface area contributed by atoms with E-state index in [-0.39, 0.29) is 0 Å². The summed E-state index contributed by atoms with van der Waals surface area (Å²) in [7, 11) is 0. The Bertz CT molecular complexity index is 3550. The summed E-state index contributed by atoms with van der Waals surface area (Å²) in [5.41, 5.74) is 21.1. The van der Waals surface area contributed by atoms with Crippen LogP contribution in [0, 0.1) is 0 Å². The van der Waals surface area contributed by atoms with E-state index in [0.29, 0.717) is 0 Å². The van der Waals surface area contributed by atoms with Gasteiger partial charge in [0.1, 0.15) is 0 Å². The summed E-state index contributed by atoms with van der Waals surface area (Å²) in [6.07, 6.45) is 0. The van der Waals surface area contributed by atoms with Crippen molar-refractivity contribution in [2.45, 2.75) is 10.8 Å². The standard InChI is InChI=1S/C60H37N/c1-2-16-38(17-3-1)39-30-33-41(34-31-39)61-56-35-32-40-18-4-5-19-42(40)58(56)47-36-55-46(37-57(47)61)45-22-8-11-25-50(45)60(55)53-28-14-12-26-51(53)59(52-27-13-15-29-54(52)60)48-23-9-6-20-43(48)44-21-7-10-24-49(44)59/h1-37H. The Hall–Kier alpha value is -7.74. The van der Waals surface area contributed by atoms with Gasteiger partial charge in [-0.15, -0.1) is 0 Å². The fraction of sp³-hybridized carbons (Fsp3) is 0.0333. The van der Waals surface area contributed by atoms with Crippen molar-refractivity contribution >= 4 is 32.6 Å². The Morgan fingerprint density at radius 2 is 0.738 bits per heavy atom. The summed E-state index contributed by atoms with van der Waals surface area (Å²) < 4.78 is 2.50. The summed E-state index contributed by atoms with van der Waals surface area (Å²) in [6.45, 7) is 0. The van der Waals surface area contributed by atoms with Gasteiger partial charge in [0.2, 0.25) is 0 Å². The molecule has 0 radical (unpaired) electrons. The van der Waals surface area contributed by atoms with Crippen LogP contribution >= 0.6 is 0 Å². The van der Waals surface area contributed by atoms with Gasteiger partial charge in [-0.3, -0.25) is 0 Å². The molecule has 0 saturated heterocycles. The molecule has 14 rings (SSSR count). The van der Waals surface area contributed by atoms with Crippen LogP contribution < -0.4 is 0 Å². The normalized spacial score (nSPS) is 14.5. The highest BCUT2D eigenvalue weighted by atomic mass is 15.0. The zero-order chi connectivity index (χ0) is 39.9. The fourth-order valence-electron chi connectivity index (χ4n) is 12.2. The second-order valence-corrected chi connectivity index (χ2v) is 17.1. The van der Waals surface area contributed by atoms with E-state index in [0.717, 1.165) is 5.69 Å². The zero-order valence-electron chi connectivity index (χ0n) is 33.3. The maximum atomic E-state index is 2.59. The summed E-state index contributed by atoms with van der Waals surface area (Å²) in [6, 6.07) is 84.8. The predicted octanol–water partition coefficient (Wildman–Crippen LogP) is 14.6. The fourth-order valence-corrected chi connectivity index (χ4v) is 12.2. The van der Waals surface area contributed by atoms with E-state index in [9.17, 15) is 0 Å². The first-order chi connectivity index (χ1) is 30.3. The molecule has 0 aliphatic heterocycles. The second-order valence-electron chi connectivity index (χ2n) is 17.1. The molecule has 1 heteroatoms. The number of hydrogen-bond acceptors (Lipinski definition) is 0. The van der Waals surface area contributed by atoms with E-state index < -0.39 is 10.8 Å². The minimum atomic E-state index is -0.554. The molecule has 1 aromatic heterocycles. The molecule has 0 bridgehead atoms. The first kappa shape index (κ1) is 33.1. The zero-order valence-corrected chi connectivity index (χ0v) is 33.3. The van der Waals surface area contributed by atoms with E-state index in [4.69, 9.17) is 0 Å². The molecule has 1 heterocycles. The molecule has 0 fully saturated rings. The van der Waals surface area contributed by atoms with Crippen molar-refractivity contribution in [3.63, 3.8) is 0 Å². The monoisotopic (exact) mass is 771 g/mol. The Morgan fingerprint density at radius 1 is 0.279 bits per heavy atom. The summed E-state index contributed by atoms with van der Waals surface area (Å²) in [5.74, 6) is 0. The lowest BCUT2D eigenvalue weighted by atomic mass is 9.52. The third-order valence-corrected chi connectivity index (χ3v) is 14.5. The molecule has 3 aliphatic rings. The molecule has 0 unspecified atom stereocenters. The van der Waals surface area contributed by atoms with Gasteiger partial charge in [-0.05, 0) is 119 Å². The van der Waals surface area contributed by atoms with Gasteiger partial charge in [0, 0.05) is 16.5 Å². The van der Waals surface area contributed by atoms with Crippen LogP contribution in [0.25, 0.3) is 71.6 Å². The average molecular weight is 772 g/mol. The van der Waals surface area contributed by atoms with Gasteiger partial charge in [-0.2, -0.15) is 0 Å². The maximum Gasteiger partial charge on any atom is 0.0720 e. The van der Waals surface area contributed by atoms with Gasteiger partial charge in [-0.1, -0.05) is 194 Å². The van der Waals surface area contributed by atoms with Gasteiger partial charge < -0.3 is 4.57 Å². The van der Waals surface area contributed by atoms with Crippen LogP contribution in [0.3, 0.4) is 0 Å². The van der Waals surface area contributed by atoms with Gasteiger partial charge in [-0.25, -0.2) is 0 Å². The average Bonchev–Trinajstić information content (AvgIpc) is 3.93. The quantitative estimate of drug-likeness (QED) is 0.165. The van der Waals surface area contributed by atoms with Crippen molar-refractivity contribution in [2.75, 3.05) is 0 Å². The van der Waals surface area contributed by atoms with Crippen LogP contribution in [0.2, 0.25) is 0 Å². The van der Waals surface area contributed by atoms with Crippen LogP contribution in [0.4, 0.5) is 0 Å². The number of hydrogen-bond donors (Lipinski definition) is 0. The van der Waals surface area contributed by atoms with Gasteiger partial charge in [0.25, 0.3) is 0 Å². The maximum absolute atomic E-state index is 2.59. The molecule has 10 aromatic carbocycles. The molecular formula is C60H37N. The number of aromatic nitrogens is 1. The Morgan fingerprint density at radius 3 is 1.33 bits per heavy atom. The summed E-state index contributed by atoms with van der Waals surface area (Å²) in [5, 5.41) is 5.09. The molecule has 1 nitrogen and oxygen atoms in total. The lowest BCUT2D eigenvalue weighted by Gasteiger charge is -2.48. The van der Waals surface area contributed by atoms with Gasteiger partial charge >= 0.3 is 0 Å². The molecule has 282 valence electrons. The Labute approximate surface area is 354 Å². The smallest absolute Gasteiger partial charge is 0.0720 e. The van der Waals surface area contributed by atoms with E-state index in [1.54, 1.807) is 0 Å². The van der Waals surface area contributed by atoms with E-state index in [1.807, 2.05) is 0 Å². The molecule has 0 N–H and O–H groups in total. The summed E-state index contributed by atoms with van der Waals surface area (Å²) >= 11 is 0. The SMILES string of the molecule is c1ccc(-c2ccc(-n3c4cc5c(cc4c4c6ccccc6ccc43)C3(c4ccccc4-5)c4ccccc4C4(c5ccccc5-c5ccccc54)c4ccccc43)cc2)cc1. The van der Waals surface area contributed by atoms with Crippen molar-refractivity contribution in [3.8, 4) is 39.1 Å². The third-order valence-electron chi connectivity index (χ3n) is 14.5. The molecule has 11 aromatic rings. The van der Waals surface area contributed by atoms with E-state index in [1.165, 1.54) is 110 Å². The second kappa shape index (κ2) is 11.9. The minimum Gasteiger partial charge on any atom is -0.309 e. The van der Waals surface area contributed by atoms with Crippen molar-refractivity contribution < 1.29 is 0 Å². The van der Waals surface area contributed by atoms with E-state index >= 15 is 0 Å². The highest BCUT2D eigenvalue weighted by Crippen LogP contribution is 2.67. The molecule has 0 amide bonds. The highest BCUT2D eigenvalue weighted by molar-refractivity contribution is 6.22. The minimum absolute atomic E-state index is 0.467. The van der Waals surface area contributed by atoms with Crippen molar-refractivity contribution in [3.05, 3.63) is 269 Å². The highest BCUT2D eigenvalue weighted by Gasteiger charge is 2.59. The van der Waals surface area contributed by atoms with Crippen LogP contribution in [-0.2, 0) is 10.8 Å². The Balaban J connectivity index is 1.12. The number of benzene rings is 10. The molecule has 3 aliphatic carbocycles. The predicted molar refractivity (Wildman–Crippen MR) is 252 cm³/mol. The van der Waals surface area contributed by atoms with Crippen molar-refractivity contribution in [1.29, 1.82) is 0 Å². The molecule has 0 saturated carbocycles. The van der Waals surface area contributed by atoms with Gasteiger partial charge in [0.15, 0.2) is 0 Å².